The molecule has 30 heavy (non-hydrogen) atoms. The Morgan fingerprint density at radius 1 is 1.03 bits per heavy atom. The fourth-order valence-electron chi connectivity index (χ4n) is 3.34. The van der Waals surface area contributed by atoms with Crippen molar-refractivity contribution in [1.29, 1.82) is 0 Å². The van der Waals surface area contributed by atoms with E-state index >= 15 is 0 Å². The van der Waals surface area contributed by atoms with E-state index in [0.29, 0.717) is 19.0 Å². The average Bonchev–Trinajstić information content (AvgIpc) is 3.55. The minimum absolute atomic E-state index is 0.672. The maximum atomic E-state index is 5.51. The summed E-state index contributed by atoms with van der Waals surface area (Å²) in [6.45, 7) is 3.80. The minimum Gasteiger partial charge on any atom is -0.378 e. The minimum atomic E-state index is 0.672. The molecular weight excluding hydrogens is 418 g/mol. The van der Waals surface area contributed by atoms with E-state index < -0.39 is 0 Å². The molecule has 0 saturated carbocycles. The molecule has 9 heteroatoms. The predicted molar refractivity (Wildman–Crippen MR) is 118 cm³/mol. The number of hydrogen-bond donors (Lipinski definition) is 0. The summed E-state index contributed by atoms with van der Waals surface area (Å²) in [6, 6.07) is 16.4. The number of thiophene rings is 1. The third kappa shape index (κ3) is 4.28. The molecule has 1 aromatic carbocycles. The van der Waals surface area contributed by atoms with Crippen LogP contribution < -0.4 is 4.90 Å². The van der Waals surface area contributed by atoms with Gasteiger partial charge in [-0.05, 0) is 17.0 Å². The molecule has 1 aliphatic rings. The van der Waals surface area contributed by atoms with Crippen molar-refractivity contribution < 1.29 is 9.26 Å². The van der Waals surface area contributed by atoms with Crippen LogP contribution in [0.25, 0.3) is 10.6 Å². The first-order chi connectivity index (χ1) is 14.9. The van der Waals surface area contributed by atoms with Gasteiger partial charge in [0.15, 0.2) is 10.9 Å². The molecule has 4 heterocycles. The van der Waals surface area contributed by atoms with E-state index in [-0.39, 0.29) is 0 Å². The molecule has 1 aliphatic heterocycles. The monoisotopic (exact) mass is 439 g/mol. The normalized spacial score (nSPS) is 14.3. The highest BCUT2D eigenvalue weighted by Crippen LogP contribution is 2.29. The molecule has 0 N–H and O–H groups in total. The van der Waals surface area contributed by atoms with Crippen molar-refractivity contribution in [1.82, 2.24) is 19.9 Å². The van der Waals surface area contributed by atoms with Crippen LogP contribution in [-0.4, -0.2) is 46.2 Å². The summed E-state index contributed by atoms with van der Waals surface area (Å²) < 4.78 is 13.2. The molecule has 3 aromatic heterocycles. The fourth-order valence-corrected chi connectivity index (χ4v) is 4.83. The lowest BCUT2D eigenvalue weighted by atomic mass is 10.2. The standard InChI is InChI=1S/C21H21N5O2S2/c1-2-5-16(6-3-1)14-26-20(25-8-10-27-11-9-25)22-23-21(26)30-15-17-13-18(28-24-17)19-7-4-12-29-19/h1-7,12-13H,8-11,14-15H2. The first-order valence-electron chi connectivity index (χ1n) is 9.79. The van der Waals surface area contributed by atoms with Gasteiger partial charge in [-0.25, -0.2) is 0 Å². The number of rotatable bonds is 7. The van der Waals surface area contributed by atoms with Crippen LogP contribution in [0.1, 0.15) is 11.3 Å². The molecule has 1 fully saturated rings. The van der Waals surface area contributed by atoms with Crippen LogP contribution in [0.3, 0.4) is 0 Å². The van der Waals surface area contributed by atoms with E-state index in [1.54, 1.807) is 23.1 Å². The predicted octanol–water partition coefficient (Wildman–Crippen LogP) is 4.17. The zero-order valence-electron chi connectivity index (χ0n) is 16.3. The van der Waals surface area contributed by atoms with Gasteiger partial charge in [-0.3, -0.25) is 4.57 Å². The number of thioether (sulfide) groups is 1. The summed E-state index contributed by atoms with van der Waals surface area (Å²) in [5, 5.41) is 16.1. The van der Waals surface area contributed by atoms with Gasteiger partial charge in [0.1, 0.15) is 0 Å². The largest absolute Gasteiger partial charge is 0.378 e. The Labute approximate surface area is 182 Å². The molecule has 1 saturated heterocycles. The third-order valence-corrected chi connectivity index (χ3v) is 6.73. The van der Waals surface area contributed by atoms with Crippen LogP contribution in [0.5, 0.6) is 0 Å². The molecule has 0 amide bonds. The van der Waals surface area contributed by atoms with Crippen LogP contribution in [0.2, 0.25) is 0 Å². The fraction of sp³-hybridized carbons (Fsp3) is 0.286. The number of nitrogens with zero attached hydrogens (tertiary/aromatic N) is 5. The number of benzene rings is 1. The van der Waals surface area contributed by atoms with E-state index in [0.717, 1.165) is 47.1 Å². The van der Waals surface area contributed by atoms with Crippen LogP contribution in [0, 0.1) is 0 Å². The van der Waals surface area contributed by atoms with Gasteiger partial charge in [0.05, 0.1) is 30.3 Å². The van der Waals surface area contributed by atoms with Crippen molar-refractivity contribution >= 4 is 29.0 Å². The summed E-state index contributed by atoms with van der Waals surface area (Å²) >= 11 is 3.27. The quantitative estimate of drug-likeness (QED) is 0.400. The maximum absolute atomic E-state index is 5.51. The molecule has 0 spiro atoms. The lowest BCUT2D eigenvalue weighted by Gasteiger charge is -2.28. The second kappa shape index (κ2) is 9.03. The molecule has 154 valence electrons. The summed E-state index contributed by atoms with van der Waals surface area (Å²) in [5.74, 6) is 2.37. The first-order valence-corrected chi connectivity index (χ1v) is 11.7. The van der Waals surface area contributed by atoms with Crippen molar-refractivity contribution in [3.8, 4) is 10.6 Å². The van der Waals surface area contributed by atoms with Crippen molar-refractivity contribution in [3.05, 3.63) is 65.2 Å². The number of aromatic nitrogens is 4. The van der Waals surface area contributed by atoms with Crippen LogP contribution in [0.4, 0.5) is 5.95 Å². The molecule has 4 aromatic rings. The van der Waals surface area contributed by atoms with Gasteiger partial charge in [-0.1, -0.05) is 53.3 Å². The summed E-state index contributed by atoms with van der Waals surface area (Å²) in [7, 11) is 0. The Morgan fingerprint density at radius 2 is 1.90 bits per heavy atom. The molecule has 7 nitrogen and oxygen atoms in total. The SMILES string of the molecule is c1ccc(Cn2c(SCc3cc(-c4cccs4)on3)nnc2N2CCOCC2)cc1. The van der Waals surface area contributed by atoms with Gasteiger partial charge >= 0.3 is 0 Å². The molecule has 0 unspecified atom stereocenters. The van der Waals surface area contributed by atoms with Gasteiger partial charge in [0, 0.05) is 24.9 Å². The van der Waals surface area contributed by atoms with Gasteiger partial charge in [-0.2, -0.15) is 0 Å². The lowest BCUT2D eigenvalue weighted by Crippen LogP contribution is -2.38. The van der Waals surface area contributed by atoms with Crippen molar-refractivity contribution in [2.45, 2.75) is 17.5 Å². The highest BCUT2D eigenvalue weighted by molar-refractivity contribution is 7.98. The van der Waals surface area contributed by atoms with Gasteiger partial charge in [-0.15, -0.1) is 21.5 Å². The van der Waals surface area contributed by atoms with E-state index in [1.807, 2.05) is 29.6 Å². The molecule has 0 bridgehead atoms. The Kier molecular flexibility index (Phi) is 5.82. The summed E-state index contributed by atoms with van der Waals surface area (Å²) in [6.07, 6.45) is 0. The second-order valence-electron chi connectivity index (χ2n) is 6.90. The molecule has 0 radical (unpaired) electrons. The third-order valence-electron chi connectivity index (χ3n) is 4.85. The zero-order valence-corrected chi connectivity index (χ0v) is 17.9. The Balaban J connectivity index is 1.36. The Bertz CT molecular complexity index is 1070. The number of morpholine rings is 1. The van der Waals surface area contributed by atoms with E-state index in [2.05, 4.69) is 49.1 Å². The highest BCUT2D eigenvalue weighted by Gasteiger charge is 2.21. The molecular formula is C21H21N5O2S2. The second-order valence-corrected chi connectivity index (χ2v) is 8.79. The highest BCUT2D eigenvalue weighted by atomic mass is 32.2. The molecule has 5 rings (SSSR count). The maximum Gasteiger partial charge on any atom is 0.228 e. The molecule has 0 aliphatic carbocycles. The smallest absolute Gasteiger partial charge is 0.228 e. The van der Waals surface area contributed by atoms with Gasteiger partial charge in [0.2, 0.25) is 5.95 Å². The van der Waals surface area contributed by atoms with E-state index in [4.69, 9.17) is 9.26 Å². The van der Waals surface area contributed by atoms with Crippen molar-refractivity contribution in [3.63, 3.8) is 0 Å². The zero-order chi connectivity index (χ0) is 20.2. The van der Waals surface area contributed by atoms with Gasteiger partial charge in [0.25, 0.3) is 0 Å². The summed E-state index contributed by atoms with van der Waals surface area (Å²) in [5.41, 5.74) is 2.11. The average molecular weight is 440 g/mol. The topological polar surface area (TPSA) is 69.2 Å². The van der Waals surface area contributed by atoms with Crippen LogP contribution in [0.15, 0.2) is 63.6 Å². The van der Waals surface area contributed by atoms with Crippen molar-refractivity contribution in [2.24, 2.45) is 0 Å². The van der Waals surface area contributed by atoms with Crippen LogP contribution in [-0.2, 0) is 17.0 Å². The van der Waals surface area contributed by atoms with Crippen molar-refractivity contribution in [2.75, 3.05) is 31.2 Å². The number of hydrogen-bond acceptors (Lipinski definition) is 8. The lowest BCUT2D eigenvalue weighted by molar-refractivity contribution is 0.121. The first kappa shape index (κ1) is 19.3. The van der Waals surface area contributed by atoms with E-state index in [9.17, 15) is 0 Å². The number of ether oxygens (including phenoxy) is 1. The summed E-state index contributed by atoms with van der Waals surface area (Å²) in [4.78, 5) is 3.33. The molecule has 0 atom stereocenters. The van der Waals surface area contributed by atoms with Gasteiger partial charge < -0.3 is 14.2 Å². The van der Waals surface area contributed by atoms with Crippen LogP contribution >= 0.6 is 23.1 Å². The Morgan fingerprint density at radius 3 is 2.70 bits per heavy atom. The number of anilines is 1. The Hall–Kier alpha value is -2.62. The van der Waals surface area contributed by atoms with E-state index in [1.165, 1.54) is 5.56 Å².